The number of ether oxygens (including phenoxy) is 2. The van der Waals surface area contributed by atoms with Gasteiger partial charge >= 0.3 is 0 Å². The van der Waals surface area contributed by atoms with Gasteiger partial charge in [0.1, 0.15) is 6.33 Å². The molecule has 27 heavy (non-hydrogen) atoms. The fraction of sp³-hybridized carbons (Fsp3) is 0.263. The van der Waals surface area contributed by atoms with Crippen molar-refractivity contribution in [1.82, 2.24) is 20.2 Å². The molecule has 1 saturated carbocycles. The molecular formula is C19H17N5O3. The lowest BCUT2D eigenvalue weighted by Crippen LogP contribution is -2.34. The Morgan fingerprint density at radius 2 is 1.89 bits per heavy atom. The minimum atomic E-state index is -0.516. The van der Waals surface area contributed by atoms with Crippen molar-refractivity contribution in [2.24, 2.45) is 0 Å². The van der Waals surface area contributed by atoms with Crippen LogP contribution in [0.4, 0.5) is 5.69 Å². The first-order chi connectivity index (χ1) is 13.2. The highest BCUT2D eigenvalue weighted by molar-refractivity contribution is 6.06. The Bertz CT molecular complexity index is 996. The lowest BCUT2D eigenvalue weighted by Gasteiger charge is -2.21. The molecule has 8 heteroatoms. The monoisotopic (exact) mass is 363 g/mol. The Hall–Kier alpha value is -3.42. The van der Waals surface area contributed by atoms with E-state index >= 15 is 0 Å². The van der Waals surface area contributed by atoms with Gasteiger partial charge in [-0.2, -0.15) is 4.68 Å². The molecule has 8 nitrogen and oxygen atoms in total. The number of hydrogen-bond donors (Lipinski definition) is 1. The van der Waals surface area contributed by atoms with E-state index in [0.29, 0.717) is 22.7 Å². The Labute approximate surface area is 155 Å². The van der Waals surface area contributed by atoms with Crippen LogP contribution in [-0.4, -0.2) is 31.9 Å². The van der Waals surface area contributed by atoms with Gasteiger partial charge in [0, 0.05) is 24.6 Å². The van der Waals surface area contributed by atoms with Crippen molar-refractivity contribution in [2.45, 2.75) is 31.5 Å². The Balaban J connectivity index is 1.39. The number of nitrogens with zero attached hydrogens (tertiary/aromatic N) is 4. The number of tetrazole rings is 1. The number of rotatable bonds is 3. The molecular weight excluding hydrogens is 346 g/mol. The first-order valence-corrected chi connectivity index (χ1v) is 8.88. The van der Waals surface area contributed by atoms with Crippen molar-refractivity contribution in [2.75, 3.05) is 5.32 Å². The molecule has 1 aliphatic heterocycles. The standard InChI is InChI=1S/C19H17N5O3/c25-18(14-5-1-2-6-15(14)24-12-20-22-23-24)21-13-7-8-16-17(11-13)27-19(26-16)9-3-4-10-19/h1-2,5-8,11-12H,3-4,9-10H2,(H,21,25). The van der Waals surface area contributed by atoms with Gasteiger partial charge in [0.25, 0.3) is 11.7 Å². The van der Waals surface area contributed by atoms with E-state index in [0.717, 1.165) is 31.4 Å². The Morgan fingerprint density at radius 3 is 2.70 bits per heavy atom. The van der Waals surface area contributed by atoms with E-state index < -0.39 is 5.79 Å². The van der Waals surface area contributed by atoms with Gasteiger partial charge in [0.2, 0.25) is 0 Å². The molecule has 3 aromatic rings. The van der Waals surface area contributed by atoms with Crippen LogP contribution in [0.15, 0.2) is 48.8 Å². The summed E-state index contributed by atoms with van der Waals surface area (Å²) >= 11 is 0. The lowest BCUT2D eigenvalue weighted by atomic mass is 10.1. The molecule has 2 heterocycles. The van der Waals surface area contributed by atoms with Crippen LogP contribution >= 0.6 is 0 Å². The van der Waals surface area contributed by atoms with E-state index in [1.165, 1.54) is 11.0 Å². The number of fused-ring (bicyclic) bond motifs is 1. The van der Waals surface area contributed by atoms with Crippen LogP contribution in [0.1, 0.15) is 36.0 Å². The van der Waals surface area contributed by atoms with Gasteiger partial charge in [-0.1, -0.05) is 12.1 Å². The van der Waals surface area contributed by atoms with Crippen LogP contribution in [0, 0.1) is 0 Å². The minimum Gasteiger partial charge on any atom is -0.448 e. The lowest BCUT2D eigenvalue weighted by molar-refractivity contribution is -0.0716. The summed E-state index contributed by atoms with van der Waals surface area (Å²) in [6.45, 7) is 0. The molecule has 1 spiro atoms. The summed E-state index contributed by atoms with van der Waals surface area (Å²) in [5, 5.41) is 14.0. The van der Waals surface area contributed by atoms with Gasteiger partial charge in [0.15, 0.2) is 11.5 Å². The molecule has 0 radical (unpaired) electrons. The van der Waals surface area contributed by atoms with Crippen molar-refractivity contribution >= 4 is 11.6 Å². The van der Waals surface area contributed by atoms with Crippen LogP contribution < -0.4 is 14.8 Å². The predicted molar refractivity (Wildman–Crippen MR) is 96.0 cm³/mol. The highest BCUT2D eigenvalue weighted by Gasteiger charge is 2.44. The van der Waals surface area contributed by atoms with E-state index in [-0.39, 0.29) is 5.91 Å². The summed E-state index contributed by atoms with van der Waals surface area (Å²) in [5.41, 5.74) is 1.71. The second-order valence-electron chi connectivity index (χ2n) is 6.71. The molecule has 1 aromatic heterocycles. The van der Waals surface area contributed by atoms with Gasteiger partial charge in [-0.3, -0.25) is 4.79 Å². The first-order valence-electron chi connectivity index (χ1n) is 8.88. The second kappa shape index (κ2) is 6.08. The molecule has 0 unspecified atom stereocenters. The third-order valence-corrected chi connectivity index (χ3v) is 4.90. The number of para-hydroxylation sites is 1. The third-order valence-electron chi connectivity index (χ3n) is 4.90. The van der Waals surface area contributed by atoms with Crippen LogP contribution in [0.3, 0.4) is 0 Å². The van der Waals surface area contributed by atoms with Crippen LogP contribution in [0.2, 0.25) is 0 Å². The topological polar surface area (TPSA) is 91.2 Å². The van der Waals surface area contributed by atoms with Gasteiger partial charge < -0.3 is 14.8 Å². The molecule has 1 aliphatic carbocycles. The van der Waals surface area contributed by atoms with Gasteiger partial charge in [-0.05, 0) is 47.5 Å². The molecule has 0 bridgehead atoms. The highest BCUT2D eigenvalue weighted by Crippen LogP contribution is 2.47. The van der Waals surface area contributed by atoms with Gasteiger partial charge in [-0.15, -0.1) is 5.10 Å². The van der Waals surface area contributed by atoms with E-state index in [9.17, 15) is 4.79 Å². The molecule has 2 aliphatic rings. The number of anilines is 1. The minimum absolute atomic E-state index is 0.254. The van der Waals surface area contributed by atoms with Crippen LogP contribution in [-0.2, 0) is 0 Å². The Kier molecular flexibility index (Phi) is 3.56. The zero-order chi connectivity index (χ0) is 18.3. The maximum absolute atomic E-state index is 12.8. The summed E-state index contributed by atoms with van der Waals surface area (Å²) in [5.74, 6) is 0.625. The predicted octanol–water partition coefficient (Wildman–Crippen LogP) is 2.96. The number of amides is 1. The summed E-state index contributed by atoms with van der Waals surface area (Å²) in [6.07, 6.45) is 5.44. The summed E-state index contributed by atoms with van der Waals surface area (Å²) < 4.78 is 13.5. The molecule has 5 rings (SSSR count). The van der Waals surface area contributed by atoms with E-state index in [1.54, 1.807) is 24.3 Å². The van der Waals surface area contributed by atoms with E-state index in [1.807, 2.05) is 18.2 Å². The van der Waals surface area contributed by atoms with Crippen molar-refractivity contribution in [3.63, 3.8) is 0 Å². The van der Waals surface area contributed by atoms with Gasteiger partial charge in [0.05, 0.1) is 11.3 Å². The van der Waals surface area contributed by atoms with Crippen molar-refractivity contribution < 1.29 is 14.3 Å². The van der Waals surface area contributed by atoms with E-state index in [2.05, 4.69) is 20.8 Å². The molecule has 0 atom stereocenters. The van der Waals surface area contributed by atoms with E-state index in [4.69, 9.17) is 9.47 Å². The smallest absolute Gasteiger partial charge is 0.257 e. The van der Waals surface area contributed by atoms with Crippen LogP contribution in [0.25, 0.3) is 5.69 Å². The molecule has 2 aromatic carbocycles. The number of carbonyl (C=O) groups excluding carboxylic acids is 1. The molecule has 1 amide bonds. The van der Waals surface area contributed by atoms with Crippen LogP contribution in [0.5, 0.6) is 11.5 Å². The number of aromatic nitrogens is 4. The fourth-order valence-corrected chi connectivity index (χ4v) is 3.62. The Morgan fingerprint density at radius 1 is 1.07 bits per heavy atom. The number of nitrogens with one attached hydrogen (secondary N) is 1. The number of benzene rings is 2. The average molecular weight is 363 g/mol. The van der Waals surface area contributed by atoms with Crippen molar-refractivity contribution in [3.05, 3.63) is 54.4 Å². The first kappa shape index (κ1) is 15.8. The highest BCUT2D eigenvalue weighted by atomic mass is 16.7. The SMILES string of the molecule is O=C(Nc1ccc2c(c1)OC1(CCCC1)O2)c1ccccc1-n1cnnn1. The zero-order valence-corrected chi connectivity index (χ0v) is 14.5. The number of hydrogen-bond acceptors (Lipinski definition) is 6. The maximum atomic E-state index is 12.8. The van der Waals surface area contributed by atoms with Crippen molar-refractivity contribution in [3.8, 4) is 17.2 Å². The summed E-state index contributed by atoms with van der Waals surface area (Å²) in [4.78, 5) is 12.8. The molecule has 0 saturated heterocycles. The molecule has 1 fully saturated rings. The molecule has 136 valence electrons. The van der Waals surface area contributed by atoms with Gasteiger partial charge in [-0.25, -0.2) is 0 Å². The third kappa shape index (κ3) is 2.79. The fourth-order valence-electron chi connectivity index (χ4n) is 3.62. The van der Waals surface area contributed by atoms with Crippen molar-refractivity contribution in [1.29, 1.82) is 0 Å². The maximum Gasteiger partial charge on any atom is 0.257 e. The second-order valence-corrected chi connectivity index (χ2v) is 6.71. The normalized spacial score (nSPS) is 16.6. The summed E-state index contributed by atoms with van der Waals surface area (Å²) in [7, 11) is 0. The average Bonchev–Trinajstić information content (AvgIpc) is 3.43. The summed E-state index contributed by atoms with van der Waals surface area (Å²) in [6, 6.07) is 12.6. The quantitative estimate of drug-likeness (QED) is 0.769. The molecule has 1 N–H and O–H groups in total. The number of carbonyl (C=O) groups is 1. The largest absolute Gasteiger partial charge is 0.448 e. The zero-order valence-electron chi connectivity index (χ0n) is 14.5.